The van der Waals surface area contributed by atoms with Gasteiger partial charge in [0.05, 0.1) is 23.6 Å². The average Bonchev–Trinajstić information content (AvgIpc) is 3.25. The number of ether oxygens (including phenoxy) is 1. The summed E-state index contributed by atoms with van der Waals surface area (Å²) in [5, 5.41) is 11.9. The van der Waals surface area contributed by atoms with Gasteiger partial charge in [-0.1, -0.05) is 11.6 Å². The zero-order valence-electron chi connectivity index (χ0n) is 22.3. The molecule has 0 aliphatic carbocycles. The van der Waals surface area contributed by atoms with Crippen LogP contribution >= 0.6 is 11.6 Å². The van der Waals surface area contributed by atoms with Crippen LogP contribution in [0, 0.1) is 6.92 Å². The Bertz CT molecular complexity index is 1110. The quantitative estimate of drug-likeness (QED) is 0.494. The topological polar surface area (TPSA) is 100 Å². The van der Waals surface area contributed by atoms with E-state index in [1.807, 2.05) is 25.7 Å². The second-order valence-electron chi connectivity index (χ2n) is 11.1. The molecule has 37 heavy (non-hydrogen) atoms. The number of amides is 1. The molecule has 2 N–H and O–H groups in total. The lowest BCUT2D eigenvalue weighted by molar-refractivity contribution is -0.149. The number of fused-ring (bicyclic) bond motifs is 2. The molecule has 2 aromatic heterocycles. The van der Waals surface area contributed by atoms with Gasteiger partial charge in [-0.05, 0) is 66.3 Å². The van der Waals surface area contributed by atoms with Gasteiger partial charge >= 0.3 is 0 Å². The highest BCUT2D eigenvalue weighted by Crippen LogP contribution is 2.40. The molecule has 202 valence electrons. The fourth-order valence-corrected chi connectivity index (χ4v) is 6.04. The number of halogens is 1. The molecule has 0 radical (unpaired) electrons. The summed E-state index contributed by atoms with van der Waals surface area (Å²) in [6, 6.07) is 1.75. The largest absolute Gasteiger partial charge is 0.369 e. The van der Waals surface area contributed by atoms with Crippen molar-refractivity contribution in [2.24, 2.45) is 0 Å². The van der Waals surface area contributed by atoms with Crippen molar-refractivity contribution in [2.75, 3.05) is 43.9 Å². The number of aromatic nitrogens is 4. The summed E-state index contributed by atoms with van der Waals surface area (Å²) in [7, 11) is 2.26. The first-order chi connectivity index (χ1) is 17.7. The van der Waals surface area contributed by atoms with Crippen molar-refractivity contribution in [3.05, 3.63) is 23.1 Å². The van der Waals surface area contributed by atoms with Gasteiger partial charge in [0, 0.05) is 44.5 Å². The number of nitrogens with one attached hydrogen (secondary N) is 2. The summed E-state index contributed by atoms with van der Waals surface area (Å²) in [5.74, 6) is 1.09. The number of anilines is 3. The van der Waals surface area contributed by atoms with Gasteiger partial charge in [-0.2, -0.15) is 10.1 Å². The molecular formula is C26H39ClN8O2. The highest BCUT2D eigenvalue weighted by atomic mass is 35.5. The molecule has 2 aromatic rings. The summed E-state index contributed by atoms with van der Waals surface area (Å²) in [6.07, 6.45) is 10.2. The lowest BCUT2D eigenvalue weighted by atomic mass is 9.98. The van der Waals surface area contributed by atoms with Crippen LogP contribution in [0.4, 0.5) is 17.5 Å². The number of hydrogen-bond acceptors (Lipinski definition) is 8. The van der Waals surface area contributed by atoms with E-state index in [-0.39, 0.29) is 5.91 Å². The molecule has 3 saturated heterocycles. The van der Waals surface area contributed by atoms with Crippen molar-refractivity contribution in [3.8, 4) is 0 Å². The fraction of sp³-hybridized carbons (Fsp3) is 0.692. The molecule has 10 nitrogen and oxygen atoms in total. The van der Waals surface area contributed by atoms with Crippen LogP contribution in [0.3, 0.4) is 0 Å². The number of hydrogen-bond donors (Lipinski definition) is 2. The van der Waals surface area contributed by atoms with Crippen LogP contribution < -0.4 is 10.6 Å². The van der Waals surface area contributed by atoms with Gasteiger partial charge in [0.1, 0.15) is 16.4 Å². The number of piperidine rings is 1. The van der Waals surface area contributed by atoms with Crippen molar-refractivity contribution in [1.82, 2.24) is 29.5 Å². The first-order valence-electron chi connectivity index (χ1n) is 13.5. The minimum absolute atomic E-state index is 0.0420. The van der Waals surface area contributed by atoms with E-state index in [0.717, 1.165) is 43.6 Å². The molecule has 3 fully saturated rings. The van der Waals surface area contributed by atoms with Gasteiger partial charge in [-0.15, -0.1) is 0 Å². The molecule has 2 bridgehead atoms. The number of nitrogens with zero attached hydrogens (tertiary/aromatic N) is 6. The molecule has 2 atom stereocenters. The smallest absolute Gasteiger partial charge is 0.254 e. The Morgan fingerprint density at radius 1 is 1.22 bits per heavy atom. The third kappa shape index (κ3) is 5.71. The fourth-order valence-electron chi connectivity index (χ4n) is 5.88. The summed E-state index contributed by atoms with van der Waals surface area (Å²) in [4.78, 5) is 26.1. The third-order valence-electron chi connectivity index (χ3n) is 8.09. The van der Waals surface area contributed by atoms with Crippen molar-refractivity contribution in [1.29, 1.82) is 0 Å². The zero-order valence-corrected chi connectivity index (χ0v) is 23.1. The van der Waals surface area contributed by atoms with Crippen LogP contribution in [0.25, 0.3) is 0 Å². The van der Waals surface area contributed by atoms with Gasteiger partial charge in [-0.3, -0.25) is 9.48 Å². The van der Waals surface area contributed by atoms with Crippen LogP contribution in [0.1, 0.15) is 64.1 Å². The molecule has 2 unspecified atom stereocenters. The van der Waals surface area contributed by atoms with Crippen LogP contribution in [0.5, 0.6) is 0 Å². The average molecular weight is 531 g/mol. The number of carbonyl (C=O) groups excluding carboxylic acids is 1. The summed E-state index contributed by atoms with van der Waals surface area (Å²) < 4.78 is 7.82. The van der Waals surface area contributed by atoms with Crippen LogP contribution in [0.15, 0.2) is 12.4 Å². The van der Waals surface area contributed by atoms with Crippen molar-refractivity contribution in [2.45, 2.75) is 83.0 Å². The summed E-state index contributed by atoms with van der Waals surface area (Å²) in [6.45, 7) is 8.30. The predicted molar refractivity (Wildman–Crippen MR) is 144 cm³/mol. The second-order valence-corrected chi connectivity index (χ2v) is 11.5. The normalized spacial score (nSPS) is 25.8. The van der Waals surface area contributed by atoms with Gasteiger partial charge < -0.3 is 25.2 Å². The number of aryl methyl sites for hydroxylation is 1. The maximum absolute atomic E-state index is 12.7. The minimum Gasteiger partial charge on any atom is -0.369 e. The van der Waals surface area contributed by atoms with E-state index in [9.17, 15) is 4.79 Å². The van der Waals surface area contributed by atoms with E-state index in [4.69, 9.17) is 21.4 Å². The first kappa shape index (κ1) is 26.2. The molecule has 3 aliphatic heterocycles. The Labute approximate surface area is 224 Å². The SMILES string of the molecule is Cc1nn(C2CC3CCC(C2)N3C)cc1Nc1ncc(Cl)c(NCCCN2CCCOC(C)(C)C2=O)n1. The lowest BCUT2D eigenvalue weighted by Gasteiger charge is -2.36. The standard InChI is InChI=1S/C26H39ClN8O2/c1-17-22(16-35(32-17)20-13-18-7-8-19(14-20)33(18)4)30-25-29-15-21(27)23(31-25)28-9-5-10-34-11-6-12-37-26(2,3)24(34)36/h15-16,18-20H,5-14H2,1-4H3,(H2,28,29,30,31). The van der Waals surface area contributed by atoms with Gasteiger partial charge in [0.25, 0.3) is 5.91 Å². The van der Waals surface area contributed by atoms with E-state index < -0.39 is 5.60 Å². The molecule has 5 rings (SSSR count). The molecule has 3 aliphatic rings. The number of rotatable bonds is 8. The molecule has 0 saturated carbocycles. The van der Waals surface area contributed by atoms with E-state index in [0.29, 0.717) is 54.6 Å². The van der Waals surface area contributed by atoms with E-state index in [1.54, 1.807) is 6.20 Å². The van der Waals surface area contributed by atoms with Gasteiger partial charge in [0.2, 0.25) is 5.95 Å². The first-order valence-corrected chi connectivity index (χ1v) is 13.8. The van der Waals surface area contributed by atoms with Crippen LogP contribution in [0.2, 0.25) is 5.02 Å². The maximum Gasteiger partial charge on any atom is 0.254 e. The Kier molecular flexibility index (Phi) is 7.60. The van der Waals surface area contributed by atoms with E-state index in [2.05, 4.69) is 43.4 Å². The molecular weight excluding hydrogens is 492 g/mol. The summed E-state index contributed by atoms with van der Waals surface area (Å²) >= 11 is 6.37. The maximum atomic E-state index is 12.7. The zero-order chi connectivity index (χ0) is 26.2. The van der Waals surface area contributed by atoms with E-state index >= 15 is 0 Å². The Morgan fingerprint density at radius 2 is 1.97 bits per heavy atom. The second kappa shape index (κ2) is 10.7. The Balaban J connectivity index is 1.17. The third-order valence-corrected chi connectivity index (χ3v) is 8.37. The van der Waals surface area contributed by atoms with Crippen molar-refractivity contribution in [3.63, 3.8) is 0 Å². The lowest BCUT2D eigenvalue weighted by Crippen LogP contribution is -2.45. The van der Waals surface area contributed by atoms with Crippen LogP contribution in [-0.4, -0.2) is 86.4 Å². The minimum atomic E-state index is -0.765. The molecule has 1 amide bonds. The molecule has 5 heterocycles. The van der Waals surface area contributed by atoms with Gasteiger partial charge in [0.15, 0.2) is 0 Å². The predicted octanol–water partition coefficient (Wildman–Crippen LogP) is 4.01. The van der Waals surface area contributed by atoms with Crippen molar-refractivity contribution >= 4 is 35.0 Å². The van der Waals surface area contributed by atoms with Crippen molar-refractivity contribution < 1.29 is 9.53 Å². The molecule has 0 aromatic carbocycles. The molecule has 11 heteroatoms. The number of carbonyl (C=O) groups is 1. The van der Waals surface area contributed by atoms with Gasteiger partial charge in [-0.25, -0.2) is 4.98 Å². The Hall–Kier alpha value is -2.43. The van der Waals surface area contributed by atoms with Crippen LogP contribution in [-0.2, 0) is 9.53 Å². The highest BCUT2D eigenvalue weighted by Gasteiger charge is 2.39. The Morgan fingerprint density at radius 3 is 2.73 bits per heavy atom. The molecule has 0 spiro atoms. The van der Waals surface area contributed by atoms with E-state index in [1.165, 1.54) is 12.8 Å². The monoisotopic (exact) mass is 530 g/mol. The summed E-state index contributed by atoms with van der Waals surface area (Å²) in [5.41, 5.74) is 1.07. The highest BCUT2D eigenvalue weighted by molar-refractivity contribution is 6.32.